The molecule has 0 aliphatic heterocycles. The van der Waals surface area contributed by atoms with E-state index in [-0.39, 0.29) is 35.5 Å². The van der Waals surface area contributed by atoms with Gasteiger partial charge in [0.05, 0.1) is 10.6 Å². The van der Waals surface area contributed by atoms with Crippen LogP contribution in [0.4, 0.5) is 5.69 Å². The van der Waals surface area contributed by atoms with Crippen molar-refractivity contribution in [2.45, 2.75) is 57.1 Å². The molecule has 0 saturated heterocycles. The predicted octanol–water partition coefficient (Wildman–Crippen LogP) is 6.40. The second-order valence-electron chi connectivity index (χ2n) is 10.8. The first-order chi connectivity index (χ1) is 21.1. The number of halogens is 1. The van der Waals surface area contributed by atoms with Crippen LogP contribution in [0, 0.1) is 6.92 Å². The Morgan fingerprint density at radius 1 is 0.818 bits per heavy atom. The Hall–Kier alpha value is -4.14. The largest absolute Gasteiger partial charge is 0.352 e. The Morgan fingerprint density at radius 3 is 1.95 bits per heavy atom. The summed E-state index contributed by atoms with van der Waals surface area (Å²) in [6, 6.07) is 30.6. The molecule has 0 spiro atoms. The monoisotopic (exact) mass is 631 g/mol. The number of amides is 2. The van der Waals surface area contributed by atoms with E-state index in [2.05, 4.69) is 5.32 Å². The molecule has 4 rings (SSSR count). The number of hydrogen-bond donors (Lipinski definition) is 1. The van der Waals surface area contributed by atoms with Crippen LogP contribution < -0.4 is 9.62 Å². The molecule has 0 radical (unpaired) electrons. The van der Waals surface area contributed by atoms with Crippen molar-refractivity contribution in [1.29, 1.82) is 0 Å². The first-order valence-corrected chi connectivity index (χ1v) is 16.4. The molecule has 1 N–H and O–H groups in total. The van der Waals surface area contributed by atoms with Crippen molar-refractivity contribution >= 4 is 39.1 Å². The summed E-state index contributed by atoms with van der Waals surface area (Å²) in [5.41, 5.74) is 2.88. The zero-order valence-corrected chi connectivity index (χ0v) is 26.8. The van der Waals surface area contributed by atoms with Gasteiger partial charge < -0.3 is 10.2 Å². The molecular weight excluding hydrogens is 594 g/mol. The van der Waals surface area contributed by atoms with Gasteiger partial charge in [0.2, 0.25) is 11.8 Å². The summed E-state index contributed by atoms with van der Waals surface area (Å²) in [7, 11) is -4.17. The number of nitrogens with one attached hydrogen (secondary N) is 1. The third-order valence-corrected chi connectivity index (χ3v) is 9.51. The number of carbonyl (C=O) groups is 2. The third-order valence-electron chi connectivity index (χ3n) is 7.47. The van der Waals surface area contributed by atoms with Crippen molar-refractivity contribution in [3.05, 3.63) is 131 Å². The molecule has 0 saturated carbocycles. The lowest BCUT2D eigenvalue weighted by atomic mass is 10.0. The maximum absolute atomic E-state index is 14.4. The Balaban J connectivity index is 1.79. The van der Waals surface area contributed by atoms with E-state index in [1.165, 1.54) is 17.0 Å². The molecule has 0 unspecified atom stereocenters. The van der Waals surface area contributed by atoms with Gasteiger partial charge in [0.15, 0.2) is 0 Å². The fourth-order valence-corrected chi connectivity index (χ4v) is 6.29. The minimum atomic E-state index is -4.17. The number of benzene rings is 4. The summed E-state index contributed by atoms with van der Waals surface area (Å²) in [6.45, 7) is 5.35. The first-order valence-electron chi connectivity index (χ1n) is 14.6. The third kappa shape index (κ3) is 8.49. The molecule has 0 aliphatic carbocycles. The summed E-state index contributed by atoms with van der Waals surface area (Å²) in [6.07, 6.45) is 0.975. The SMILES string of the molecule is CC[C@@H](C)NC(=O)[C@@H](Cc1ccccc1)N(Cc1ccccc1)C(=O)CN(c1ccc(Cl)cc1)S(=O)(=O)c1ccc(C)cc1. The van der Waals surface area contributed by atoms with E-state index in [0.29, 0.717) is 5.02 Å². The van der Waals surface area contributed by atoms with Gasteiger partial charge in [-0.2, -0.15) is 0 Å². The normalized spacial score (nSPS) is 12.6. The van der Waals surface area contributed by atoms with Crippen LogP contribution in [0.15, 0.2) is 114 Å². The van der Waals surface area contributed by atoms with Crippen molar-refractivity contribution in [3.8, 4) is 0 Å². The highest BCUT2D eigenvalue weighted by Crippen LogP contribution is 2.26. The lowest BCUT2D eigenvalue weighted by Crippen LogP contribution is -2.54. The van der Waals surface area contributed by atoms with Gasteiger partial charge in [-0.3, -0.25) is 13.9 Å². The van der Waals surface area contributed by atoms with Gasteiger partial charge in [-0.05, 0) is 67.8 Å². The van der Waals surface area contributed by atoms with Crippen LogP contribution in [0.5, 0.6) is 0 Å². The average molecular weight is 632 g/mol. The van der Waals surface area contributed by atoms with Gasteiger partial charge in [0.25, 0.3) is 10.0 Å². The Kier molecular flexibility index (Phi) is 11.2. The van der Waals surface area contributed by atoms with Crippen molar-refractivity contribution < 1.29 is 18.0 Å². The molecule has 230 valence electrons. The molecule has 2 atom stereocenters. The van der Waals surface area contributed by atoms with E-state index in [0.717, 1.165) is 27.4 Å². The van der Waals surface area contributed by atoms with Crippen molar-refractivity contribution in [2.24, 2.45) is 0 Å². The number of sulfonamides is 1. The Labute approximate surface area is 265 Å². The average Bonchev–Trinajstić information content (AvgIpc) is 3.03. The van der Waals surface area contributed by atoms with Crippen molar-refractivity contribution in [1.82, 2.24) is 10.2 Å². The number of rotatable bonds is 13. The van der Waals surface area contributed by atoms with E-state index < -0.39 is 28.5 Å². The zero-order chi connectivity index (χ0) is 31.7. The molecule has 0 heterocycles. The fourth-order valence-electron chi connectivity index (χ4n) is 4.75. The number of aryl methyl sites for hydroxylation is 1. The van der Waals surface area contributed by atoms with E-state index >= 15 is 0 Å². The van der Waals surface area contributed by atoms with Gasteiger partial charge in [-0.1, -0.05) is 96.9 Å². The van der Waals surface area contributed by atoms with Crippen LogP contribution in [0.25, 0.3) is 0 Å². The van der Waals surface area contributed by atoms with E-state index in [1.54, 1.807) is 36.4 Å². The topological polar surface area (TPSA) is 86.8 Å². The van der Waals surface area contributed by atoms with E-state index in [4.69, 9.17) is 11.6 Å². The summed E-state index contributed by atoms with van der Waals surface area (Å²) in [5.74, 6) is -0.813. The molecular formula is C35H38ClN3O4S. The molecule has 0 fully saturated rings. The predicted molar refractivity (Wildman–Crippen MR) is 176 cm³/mol. The second kappa shape index (κ2) is 15.0. The van der Waals surface area contributed by atoms with Crippen LogP contribution in [-0.4, -0.2) is 43.8 Å². The Morgan fingerprint density at radius 2 is 1.39 bits per heavy atom. The summed E-state index contributed by atoms with van der Waals surface area (Å²) in [5, 5.41) is 3.48. The van der Waals surface area contributed by atoms with Crippen LogP contribution in [0.3, 0.4) is 0 Å². The Bertz CT molecular complexity index is 1630. The van der Waals surface area contributed by atoms with Gasteiger partial charge in [0.1, 0.15) is 12.6 Å². The quantitative estimate of drug-likeness (QED) is 0.185. The molecule has 0 bridgehead atoms. The number of hydrogen-bond acceptors (Lipinski definition) is 4. The summed E-state index contributed by atoms with van der Waals surface area (Å²) >= 11 is 6.13. The van der Waals surface area contributed by atoms with Gasteiger partial charge in [-0.25, -0.2) is 8.42 Å². The lowest BCUT2D eigenvalue weighted by molar-refractivity contribution is -0.140. The molecule has 0 aromatic heterocycles. The minimum Gasteiger partial charge on any atom is -0.352 e. The highest BCUT2D eigenvalue weighted by Gasteiger charge is 2.35. The molecule has 7 nitrogen and oxygen atoms in total. The van der Waals surface area contributed by atoms with Crippen LogP contribution >= 0.6 is 11.6 Å². The fraction of sp³-hybridized carbons (Fsp3) is 0.257. The minimum absolute atomic E-state index is 0.0517. The summed E-state index contributed by atoms with van der Waals surface area (Å²) < 4.78 is 29.2. The molecule has 44 heavy (non-hydrogen) atoms. The molecule has 2 amide bonds. The molecule has 4 aromatic carbocycles. The van der Waals surface area contributed by atoms with Gasteiger partial charge in [-0.15, -0.1) is 0 Å². The van der Waals surface area contributed by atoms with Crippen LogP contribution in [0.2, 0.25) is 5.02 Å². The smallest absolute Gasteiger partial charge is 0.264 e. The molecule has 0 aliphatic rings. The second-order valence-corrected chi connectivity index (χ2v) is 13.1. The lowest BCUT2D eigenvalue weighted by Gasteiger charge is -2.34. The van der Waals surface area contributed by atoms with Crippen molar-refractivity contribution in [3.63, 3.8) is 0 Å². The highest BCUT2D eigenvalue weighted by atomic mass is 35.5. The highest BCUT2D eigenvalue weighted by molar-refractivity contribution is 7.92. The van der Waals surface area contributed by atoms with E-state index in [1.807, 2.05) is 81.4 Å². The molecule has 9 heteroatoms. The standard InChI is InChI=1S/C35H38ClN3O4S/c1-4-27(3)37-35(41)33(23-28-11-7-5-8-12-28)38(24-29-13-9-6-10-14-29)34(40)25-39(31-19-17-30(36)18-20-31)44(42,43)32-21-15-26(2)16-22-32/h5-22,27,33H,4,23-25H2,1-3H3,(H,37,41)/t27-,33-/m1/s1. The van der Waals surface area contributed by atoms with Gasteiger partial charge >= 0.3 is 0 Å². The first kappa shape index (κ1) is 32.8. The van der Waals surface area contributed by atoms with Gasteiger partial charge in [0, 0.05) is 24.0 Å². The zero-order valence-electron chi connectivity index (χ0n) is 25.2. The number of carbonyl (C=O) groups excluding carboxylic acids is 2. The molecule has 4 aromatic rings. The van der Waals surface area contributed by atoms with Crippen molar-refractivity contribution in [2.75, 3.05) is 10.8 Å². The van der Waals surface area contributed by atoms with Crippen LogP contribution in [0.1, 0.15) is 37.0 Å². The maximum Gasteiger partial charge on any atom is 0.264 e. The van der Waals surface area contributed by atoms with E-state index in [9.17, 15) is 18.0 Å². The number of anilines is 1. The number of nitrogens with zero attached hydrogens (tertiary/aromatic N) is 2. The summed E-state index contributed by atoms with van der Waals surface area (Å²) in [4.78, 5) is 29.8. The van der Waals surface area contributed by atoms with Crippen LogP contribution in [-0.2, 0) is 32.6 Å². The maximum atomic E-state index is 14.4.